The van der Waals surface area contributed by atoms with Gasteiger partial charge in [-0.15, -0.1) is 0 Å². The predicted octanol–water partition coefficient (Wildman–Crippen LogP) is -1.50. The second-order valence-electron chi connectivity index (χ2n) is 2.11. The third-order valence-electron chi connectivity index (χ3n) is 1.41. The minimum atomic E-state index is -0.514. The van der Waals surface area contributed by atoms with Crippen LogP contribution < -0.4 is 11.2 Å². The fourth-order valence-electron chi connectivity index (χ4n) is 0.724. The van der Waals surface area contributed by atoms with Gasteiger partial charge in [0.15, 0.2) is 0 Å². The van der Waals surface area contributed by atoms with Crippen molar-refractivity contribution >= 4 is 0 Å². The van der Waals surface area contributed by atoms with Crippen LogP contribution in [0, 0.1) is 0 Å². The number of aliphatic hydroxyl groups is 1. The Hall–Kier alpha value is -1.36. The largest absolute Gasteiger partial charge is 0.376 e. The zero-order valence-corrected chi connectivity index (χ0v) is 6.02. The van der Waals surface area contributed by atoms with E-state index in [4.69, 9.17) is 5.11 Å². The van der Waals surface area contributed by atoms with E-state index in [1.807, 2.05) is 0 Å². The average Bonchev–Trinajstić information content (AvgIpc) is 2.01. The van der Waals surface area contributed by atoms with Gasteiger partial charge in [-0.25, -0.2) is 4.79 Å². The lowest BCUT2D eigenvalue weighted by molar-refractivity contribution is 0.201. The minimum absolute atomic E-state index is 0.375. The van der Waals surface area contributed by atoms with E-state index in [9.17, 15) is 9.59 Å². The molecule has 0 radical (unpaired) electrons. The van der Waals surface area contributed by atoms with Gasteiger partial charge in [0.05, 0.1) is 0 Å². The van der Waals surface area contributed by atoms with Gasteiger partial charge in [0.1, 0.15) is 6.73 Å². The van der Waals surface area contributed by atoms with Gasteiger partial charge in [0, 0.05) is 19.3 Å². The maximum atomic E-state index is 11.0. The van der Waals surface area contributed by atoms with Gasteiger partial charge in [0.2, 0.25) is 0 Å². The predicted molar refractivity (Wildman–Crippen MR) is 38.2 cm³/mol. The molecular formula is C6H8N2O3. The van der Waals surface area contributed by atoms with Crippen molar-refractivity contribution in [2.75, 3.05) is 0 Å². The maximum absolute atomic E-state index is 11.0. The second-order valence-corrected chi connectivity index (χ2v) is 2.11. The van der Waals surface area contributed by atoms with Gasteiger partial charge < -0.3 is 5.11 Å². The highest BCUT2D eigenvalue weighted by Crippen LogP contribution is 1.71. The molecule has 1 rings (SSSR count). The summed E-state index contributed by atoms with van der Waals surface area (Å²) < 4.78 is 1.96. The van der Waals surface area contributed by atoms with E-state index in [0.717, 1.165) is 9.13 Å². The molecule has 1 aromatic heterocycles. The van der Waals surface area contributed by atoms with Gasteiger partial charge in [-0.3, -0.25) is 13.9 Å². The molecule has 0 saturated heterocycles. The normalized spacial score (nSPS) is 10.0. The monoisotopic (exact) mass is 156 g/mol. The van der Waals surface area contributed by atoms with E-state index in [1.54, 1.807) is 0 Å². The molecule has 0 saturated carbocycles. The van der Waals surface area contributed by atoms with Crippen molar-refractivity contribution in [3.8, 4) is 0 Å². The van der Waals surface area contributed by atoms with Crippen molar-refractivity contribution in [2.24, 2.45) is 7.05 Å². The Bertz CT molecular complexity index is 363. The summed E-state index contributed by atoms with van der Waals surface area (Å²) in [5.41, 5.74) is -0.889. The highest BCUT2D eigenvalue weighted by atomic mass is 16.3. The zero-order chi connectivity index (χ0) is 8.43. The Balaban J connectivity index is 3.50. The molecular weight excluding hydrogens is 148 g/mol. The Morgan fingerprint density at radius 1 is 1.55 bits per heavy atom. The Morgan fingerprint density at radius 2 is 2.18 bits per heavy atom. The van der Waals surface area contributed by atoms with Crippen LogP contribution in [0.4, 0.5) is 0 Å². The number of aliphatic hydroxyl groups excluding tert-OH is 1. The first-order chi connectivity index (χ1) is 5.16. The van der Waals surface area contributed by atoms with Crippen molar-refractivity contribution in [2.45, 2.75) is 6.73 Å². The number of rotatable bonds is 1. The van der Waals surface area contributed by atoms with Crippen LogP contribution in [0.2, 0.25) is 0 Å². The summed E-state index contributed by atoms with van der Waals surface area (Å²) in [4.78, 5) is 21.8. The first-order valence-corrected chi connectivity index (χ1v) is 3.04. The first-order valence-electron chi connectivity index (χ1n) is 3.04. The van der Waals surface area contributed by atoms with Crippen LogP contribution in [0.25, 0.3) is 0 Å². The van der Waals surface area contributed by atoms with Gasteiger partial charge in [-0.2, -0.15) is 0 Å². The molecule has 0 aliphatic heterocycles. The molecule has 60 valence electrons. The molecule has 0 unspecified atom stereocenters. The summed E-state index contributed by atoms with van der Waals surface area (Å²) in [6.07, 6.45) is 1.25. The number of hydrogen-bond donors (Lipinski definition) is 1. The lowest BCUT2D eigenvalue weighted by Crippen LogP contribution is -2.36. The summed E-state index contributed by atoms with van der Waals surface area (Å²) in [5, 5.41) is 8.58. The average molecular weight is 156 g/mol. The molecule has 1 N–H and O–H groups in total. The van der Waals surface area contributed by atoms with Crippen molar-refractivity contribution in [1.29, 1.82) is 0 Å². The topological polar surface area (TPSA) is 64.2 Å². The summed E-state index contributed by atoms with van der Waals surface area (Å²) in [5.74, 6) is 0. The molecule has 1 heterocycles. The number of nitrogens with zero attached hydrogens (tertiary/aromatic N) is 2. The Kier molecular flexibility index (Phi) is 1.91. The van der Waals surface area contributed by atoms with Gasteiger partial charge in [-0.05, 0) is 0 Å². The molecule has 0 aromatic carbocycles. The van der Waals surface area contributed by atoms with Crippen molar-refractivity contribution in [1.82, 2.24) is 9.13 Å². The summed E-state index contributed by atoms with van der Waals surface area (Å²) in [7, 11) is 1.36. The van der Waals surface area contributed by atoms with Crippen molar-refractivity contribution in [3.63, 3.8) is 0 Å². The minimum Gasteiger partial charge on any atom is -0.376 e. The maximum Gasteiger partial charge on any atom is 0.332 e. The lowest BCUT2D eigenvalue weighted by atomic mass is 10.6. The summed E-state index contributed by atoms with van der Waals surface area (Å²) in [6.45, 7) is -0.410. The highest BCUT2D eigenvalue weighted by Gasteiger charge is 1.97. The molecule has 0 bridgehead atoms. The molecule has 0 aliphatic rings. The molecule has 11 heavy (non-hydrogen) atoms. The molecule has 5 nitrogen and oxygen atoms in total. The second kappa shape index (κ2) is 2.71. The van der Waals surface area contributed by atoms with Crippen molar-refractivity contribution < 1.29 is 5.11 Å². The highest BCUT2D eigenvalue weighted by molar-refractivity contribution is 4.84. The molecule has 0 atom stereocenters. The third-order valence-corrected chi connectivity index (χ3v) is 1.41. The molecule has 5 heteroatoms. The van der Waals surface area contributed by atoms with E-state index in [2.05, 4.69) is 0 Å². The fraction of sp³-hybridized carbons (Fsp3) is 0.333. The third kappa shape index (κ3) is 1.22. The van der Waals surface area contributed by atoms with E-state index in [0.29, 0.717) is 0 Å². The van der Waals surface area contributed by atoms with Gasteiger partial charge in [0.25, 0.3) is 5.56 Å². The lowest BCUT2D eigenvalue weighted by Gasteiger charge is -2.00. The molecule has 0 aliphatic carbocycles. The molecule has 0 amide bonds. The van der Waals surface area contributed by atoms with Crippen LogP contribution in [0.15, 0.2) is 21.9 Å². The van der Waals surface area contributed by atoms with Crippen LogP contribution in [0.5, 0.6) is 0 Å². The Labute approximate surface area is 62.1 Å². The van der Waals surface area contributed by atoms with Crippen LogP contribution in [-0.2, 0) is 13.8 Å². The molecule has 0 spiro atoms. The zero-order valence-electron chi connectivity index (χ0n) is 6.02. The standard InChI is InChI=1S/C6H8N2O3/c1-7-5(10)2-3-8(4-9)6(7)11/h2-3,9H,4H2,1H3. The number of hydrogen-bond acceptors (Lipinski definition) is 3. The Morgan fingerprint density at radius 3 is 2.73 bits per heavy atom. The van der Waals surface area contributed by atoms with E-state index >= 15 is 0 Å². The smallest absolute Gasteiger partial charge is 0.332 e. The van der Waals surface area contributed by atoms with Crippen LogP contribution >= 0.6 is 0 Å². The number of aromatic nitrogens is 2. The fourth-order valence-corrected chi connectivity index (χ4v) is 0.724. The van der Waals surface area contributed by atoms with Gasteiger partial charge in [-0.1, -0.05) is 0 Å². The molecule has 0 fully saturated rings. The SMILES string of the molecule is Cn1c(=O)ccn(CO)c1=O. The van der Waals surface area contributed by atoms with Gasteiger partial charge >= 0.3 is 5.69 Å². The molecule has 1 aromatic rings. The van der Waals surface area contributed by atoms with Crippen LogP contribution in [0.1, 0.15) is 0 Å². The first kappa shape index (κ1) is 7.74. The van der Waals surface area contributed by atoms with Crippen LogP contribution in [-0.4, -0.2) is 14.2 Å². The summed E-state index contributed by atoms with van der Waals surface area (Å²) >= 11 is 0. The van der Waals surface area contributed by atoms with E-state index in [-0.39, 0.29) is 5.56 Å². The summed E-state index contributed by atoms with van der Waals surface area (Å²) in [6, 6.07) is 1.22. The van der Waals surface area contributed by atoms with E-state index < -0.39 is 12.4 Å². The van der Waals surface area contributed by atoms with Crippen LogP contribution in [0.3, 0.4) is 0 Å². The van der Waals surface area contributed by atoms with Crippen molar-refractivity contribution in [3.05, 3.63) is 33.1 Å². The quantitative estimate of drug-likeness (QED) is 0.538. The van der Waals surface area contributed by atoms with E-state index in [1.165, 1.54) is 19.3 Å².